The number of ether oxygens (including phenoxy) is 1. The summed E-state index contributed by atoms with van der Waals surface area (Å²) in [4.78, 5) is 40.3. The number of carbonyl (C=O) groups is 3. The number of benzene rings is 1. The summed E-state index contributed by atoms with van der Waals surface area (Å²) in [6, 6.07) is 7.03. The maximum absolute atomic E-state index is 13.2. The molecule has 2 atom stereocenters. The highest BCUT2D eigenvalue weighted by molar-refractivity contribution is 5.98. The van der Waals surface area contributed by atoms with Gasteiger partial charge in [0, 0.05) is 37.1 Å². The topological polar surface area (TPSA) is 92.1 Å². The van der Waals surface area contributed by atoms with Crippen molar-refractivity contribution in [2.75, 3.05) is 39.6 Å². The normalized spacial score (nSPS) is 19.8. The molecule has 2 amide bonds. The number of hydrogen-bond acceptors (Lipinski definition) is 6. The van der Waals surface area contributed by atoms with Crippen LogP contribution in [0.1, 0.15) is 30.3 Å². The maximum atomic E-state index is 13.2. The van der Waals surface area contributed by atoms with Gasteiger partial charge in [-0.1, -0.05) is 0 Å². The Morgan fingerprint density at radius 3 is 2.59 bits per heavy atom. The molecule has 8 heteroatoms. The molecule has 156 valence electrons. The van der Waals surface area contributed by atoms with E-state index in [2.05, 4.69) is 10.2 Å². The van der Waals surface area contributed by atoms with E-state index in [1.165, 1.54) is 14.0 Å². The lowest BCUT2D eigenvalue weighted by Crippen LogP contribution is -2.43. The molecule has 0 spiro atoms. The van der Waals surface area contributed by atoms with Crippen LogP contribution in [0.3, 0.4) is 0 Å². The molecule has 1 aromatic heterocycles. The van der Waals surface area contributed by atoms with E-state index in [0.717, 1.165) is 11.8 Å². The quantitative estimate of drug-likeness (QED) is 0.791. The van der Waals surface area contributed by atoms with Crippen LogP contribution in [0.2, 0.25) is 0 Å². The van der Waals surface area contributed by atoms with Crippen molar-refractivity contribution in [3.63, 3.8) is 0 Å². The number of esters is 1. The molecule has 0 aliphatic carbocycles. The fraction of sp³-hybridized carbons (Fsp3) is 0.476. The van der Waals surface area contributed by atoms with Gasteiger partial charge >= 0.3 is 5.97 Å². The van der Waals surface area contributed by atoms with Crippen LogP contribution in [0, 0.1) is 5.92 Å². The van der Waals surface area contributed by atoms with Gasteiger partial charge in [-0.05, 0) is 51.2 Å². The molecular weight excluding hydrogens is 374 g/mol. The Morgan fingerprint density at radius 1 is 1.17 bits per heavy atom. The van der Waals surface area contributed by atoms with Crippen molar-refractivity contribution in [3.8, 4) is 0 Å². The highest BCUT2D eigenvalue weighted by Gasteiger charge is 2.33. The smallest absolute Gasteiger partial charge is 0.310 e. The minimum Gasteiger partial charge on any atom is -0.469 e. The number of methoxy groups -OCH3 is 1. The Labute approximate surface area is 169 Å². The third kappa shape index (κ3) is 4.76. The number of hydrogen-bond donors (Lipinski definition) is 1. The first kappa shape index (κ1) is 20.9. The summed E-state index contributed by atoms with van der Waals surface area (Å²) in [5.74, 6) is -0.873. The zero-order chi connectivity index (χ0) is 21.1. The van der Waals surface area contributed by atoms with Gasteiger partial charge in [-0.15, -0.1) is 0 Å². The second-order valence-corrected chi connectivity index (χ2v) is 7.67. The Morgan fingerprint density at radius 2 is 1.93 bits per heavy atom. The largest absolute Gasteiger partial charge is 0.469 e. The summed E-state index contributed by atoms with van der Waals surface area (Å²) < 4.78 is 10.7. The first-order valence-electron chi connectivity index (χ1n) is 9.63. The first-order valence-corrected chi connectivity index (χ1v) is 9.63. The molecule has 0 bridgehead atoms. The van der Waals surface area contributed by atoms with Crippen LogP contribution < -0.4 is 5.32 Å². The lowest BCUT2D eigenvalue weighted by Gasteiger charge is -2.28. The lowest BCUT2D eigenvalue weighted by atomic mass is 10.0. The Kier molecular flexibility index (Phi) is 6.22. The average molecular weight is 401 g/mol. The van der Waals surface area contributed by atoms with Gasteiger partial charge in [0.2, 0.25) is 5.91 Å². The van der Waals surface area contributed by atoms with Gasteiger partial charge in [0.1, 0.15) is 5.58 Å². The molecule has 0 saturated carbocycles. The Hall–Kier alpha value is -2.87. The SMILES string of the molecule is COC(=O)[C@H]1CC[C@@H](N(C)C)CN(C(=O)c2cc3cc(NC(C)=O)ccc3o2)C1. The number of rotatable bonds is 4. The second kappa shape index (κ2) is 8.65. The molecule has 2 heterocycles. The van der Waals surface area contributed by atoms with Crippen molar-refractivity contribution >= 4 is 34.4 Å². The summed E-state index contributed by atoms with van der Waals surface area (Å²) in [6.45, 7) is 2.24. The predicted octanol–water partition coefficient (Wildman–Crippen LogP) is 2.35. The van der Waals surface area contributed by atoms with E-state index >= 15 is 0 Å². The van der Waals surface area contributed by atoms with Gasteiger partial charge in [-0.3, -0.25) is 14.4 Å². The van der Waals surface area contributed by atoms with Crippen molar-refractivity contribution in [2.45, 2.75) is 25.8 Å². The molecule has 8 nitrogen and oxygen atoms in total. The molecule has 2 aromatic rings. The van der Waals surface area contributed by atoms with Crippen LogP contribution in [-0.2, 0) is 14.3 Å². The number of likely N-dealkylation sites (tertiary alicyclic amines) is 1. The number of nitrogens with one attached hydrogen (secondary N) is 1. The van der Waals surface area contributed by atoms with Crippen LogP contribution >= 0.6 is 0 Å². The summed E-state index contributed by atoms with van der Waals surface area (Å²) in [5, 5.41) is 3.44. The minimum absolute atomic E-state index is 0.143. The highest BCUT2D eigenvalue weighted by Crippen LogP contribution is 2.26. The van der Waals surface area contributed by atoms with Crippen LogP contribution in [-0.4, -0.2) is 67.9 Å². The van der Waals surface area contributed by atoms with E-state index in [1.54, 1.807) is 29.2 Å². The van der Waals surface area contributed by atoms with Crippen molar-refractivity contribution in [1.29, 1.82) is 0 Å². The second-order valence-electron chi connectivity index (χ2n) is 7.67. The van der Waals surface area contributed by atoms with Gasteiger partial charge in [0.05, 0.1) is 13.0 Å². The maximum Gasteiger partial charge on any atom is 0.310 e. The van der Waals surface area contributed by atoms with Gasteiger partial charge in [0.25, 0.3) is 5.91 Å². The molecule has 3 rings (SSSR count). The van der Waals surface area contributed by atoms with E-state index in [1.807, 2.05) is 14.1 Å². The summed E-state index contributed by atoms with van der Waals surface area (Å²) in [5.41, 5.74) is 1.20. The van der Waals surface area contributed by atoms with Crippen LogP contribution in [0.25, 0.3) is 11.0 Å². The Bertz CT molecular complexity index is 920. The highest BCUT2D eigenvalue weighted by atomic mass is 16.5. The zero-order valence-electron chi connectivity index (χ0n) is 17.2. The first-order chi connectivity index (χ1) is 13.8. The van der Waals surface area contributed by atoms with Gasteiger partial charge < -0.3 is 24.3 Å². The molecular formula is C21H27N3O5. The fourth-order valence-electron chi connectivity index (χ4n) is 3.70. The van der Waals surface area contributed by atoms with Crippen LogP contribution in [0.4, 0.5) is 5.69 Å². The monoisotopic (exact) mass is 401 g/mol. The van der Waals surface area contributed by atoms with E-state index in [-0.39, 0.29) is 35.5 Å². The summed E-state index contributed by atoms with van der Waals surface area (Å²) in [6.07, 6.45) is 1.47. The predicted molar refractivity (Wildman–Crippen MR) is 109 cm³/mol. The molecule has 0 radical (unpaired) electrons. The molecule has 0 unspecified atom stereocenters. The minimum atomic E-state index is -0.357. The number of fused-ring (bicyclic) bond motifs is 1. The van der Waals surface area contributed by atoms with E-state index in [4.69, 9.17) is 9.15 Å². The molecule has 1 saturated heterocycles. The van der Waals surface area contributed by atoms with Gasteiger partial charge in [0.15, 0.2) is 5.76 Å². The number of anilines is 1. The zero-order valence-corrected chi connectivity index (χ0v) is 17.2. The number of nitrogens with zero attached hydrogens (tertiary/aromatic N) is 2. The number of likely N-dealkylation sites (N-methyl/N-ethyl adjacent to an activating group) is 1. The summed E-state index contributed by atoms with van der Waals surface area (Å²) >= 11 is 0. The van der Waals surface area contributed by atoms with Crippen molar-refractivity contribution in [1.82, 2.24) is 9.80 Å². The fourth-order valence-corrected chi connectivity index (χ4v) is 3.70. The number of furan rings is 1. The number of carbonyl (C=O) groups excluding carboxylic acids is 3. The van der Waals surface area contributed by atoms with E-state index in [9.17, 15) is 14.4 Å². The summed E-state index contributed by atoms with van der Waals surface area (Å²) in [7, 11) is 5.31. The third-order valence-electron chi connectivity index (χ3n) is 5.32. The number of amides is 2. The molecule has 1 aromatic carbocycles. The van der Waals surface area contributed by atoms with E-state index < -0.39 is 0 Å². The van der Waals surface area contributed by atoms with E-state index in [0.29, 0.717) is 30.8 Å². The molecule has 1 aliphatic rings. The average Bonchev–Trinajstić information content (AvgIpc) is 2.96. The van der Waals surface area contributed by atoms with Crippen molar-refractivity contribution in [3.05, 3.63) is 30.0 Å². The van der Waals surface area contributed by atoms with Crippen LogP contribution in [0.5, 0.6) is 0 Å². The molecule has 1 N–H and O–H groups in total. The lowest BCUT2D eigenvalue weighted by molar-refractivity contribution is -0.145. The third-order valence-corrected chi connectivity index (χ3v) is 5.32. The molecule has 1 fully saturated rings. The molecule has 1 aliphatic heterocycles. The Balaban J connectivity index is 1.87. The van der Waals surface area contributed by atoms with Gasteiger partial charge in [-0.2, -0.15) is 0 Å². The van der Waals surface area contributed by atoms with Crippen LogP contribution in [0.15, 0.2) is 28.7 Å². The standard InChI is InChI=1S/C21H27N3O5/c1-13(25)22-16-6-8-18-15(9-16)10-19(29-18)20(26)24-11-14(21(27)28-4)5-7-17(12-24)23(2)3/h6,8-10,14,17H,5,7,11-12H2,1-4H3,(H,22,25)/t14-,17+/m0/s1. The van der Waals surface area contributed by atoms with Crippen molar-refractivity contribution in [2.24, 2.45) is 5.92 Å². The van der Waals surface area contributed by atoms with Gasteiger partial charge in [-0.25, -0.2) is 0 Å². The van der Waals surface area contributed by atoms with Crippen molar-refractivity contribution < 1.29 is 23.5 Å². The molecule has 29 heavy (non-hydrogen) atoms.